The van der Waals surface area contributed by atoms with Gasteiger partial charge in [-0.05, 0) is 24.6 Å². The minimum absolute atomic E-state index is 0.105. The van der Waals surface area contributed by atoms with Gasteiger partial charge in [-0.2, -0.15) is 0 Å². The summed E-state index contributed by atoms with van der Waals surface area (Å²) in [5, 5.41) is 9.10. The summed E-state index contributed by atoms with van der Waals surface area (Å²) in [7, 11) is 0. The maximum absolute atomic E-state index is 9.10. The Balaban J connectivity index is 2.38. The summed E-state index contributed by atoms with van der Waals surface area (Å²) in [6.45, 7) is 1.91. The second-order valence-electron chi connectivity index (χ2n) is 3.64. The molecule has 0 aromatic heterocycles. The average Bonchev–Trinajstić information content (AvgIpc) is 2.64. The third-order valence-corrected chi connectivity index (χ3v) is 2.36. The number of benzene rings is 1. The topological polar surface area (TPSA) is 64.7 Å². The Bertz CT molecular complexity index is 349. The summed E-state index contributed by atoms with van der Waals surface area (Å²) in [5.74, 6) is 1.41. The van der Waals surface area contributed by atoms with Crippen molar-refractivity contribution in [1.29, 1.82) is 0 Å². The molecule has 4 heteroatoms. The van der Waals surface area contributed by atoms with Gasteiger partial charge in [0.25, 0.3) is 0 Å². The molecule has 0 aliphatic carbocycles. The fourth-order valence-electron chi connectivity index (χ4n) is 1.34. The zero-order chi connectivity index (χ0) is 10.2. The van der Waals surface area contributed by atoms with E-state index in [2.05, 4.69) is 0 Å². The van der Waals surface area contributed by atoms with E-state index < -0.39 is 5.54 Å². The van der Waals surface area contributed by atoms with E-state index in [-0.39, 0.29) is 13.4 Å². The van der Waals surface area contributed by atoms with Gasteiger partial charge in [0.1, 0.15) is 0 Å². The number of ether oxygens (including phenoxy) is 2. The van der Waals surface area contributed by atoms with Crippen LogP contribution in [0.1, 0.15) is 12.5 Å². The van der Waals surface area contributed by atoms with Gasteiger partial charge in [-0.1, -0.05) is 6.07 Å². The molecule has 1 aromatic rings. The van der Waals surface area contributed by atoms with Crippen molar-refractivity contribution >= 4 is 0 Å². The second kappa shape index (κ2) is 3.15. The van der Waals surface area contributed by atoms with Crippen LogP contribution in [0.5, 0.6) is 11.5 Å². The molecule has 0 bridgehead atoms. The number of nitrogens with two attached hydrogens (primary N) is 1. The van der Waals surface area contributed by atoms with Crippen LogP contribution in [0.2, 0.25) is 0 Å². The van der Waals surface area contributed by atoms with Gasteiger partial charge in [0.05, 0.1) is 12.1 Å². The van der Waals surface area contributed by atoms with Gasteiger partial charge in [-0.3, -0.25) is 0 Å². The minimum Gasteiger partial charge on any atom is -0.454 e. The monoisotopic (exact) mass is 195 g/mol. The molecule has 0 saturated heterocycles. The molecule has 1 heterocycles. The van der Waals surface area contributed by atoms with E-state index in [0.29, 0.717) is 5.75 Å². The summed E-state index contributed by atoms with van der Waals surface area (Å²) < 4.78 is 10.4. The Kier molecular flexibility index (Phi) is 2.09. The Labute approximate surface area is 82.2 Å². The molecule has 1 aliphatic rings. The molecule has 0 spiro atoms. The quantitative estimate of drug-likeness (QED) is 0.724. The van der Waals surface area contributed by atoms with Crippen molar-refractivity contribution in [3.63, 3.8) is 0 Å². The lowest BCUT2D eigenvalue weighted by Gasteiger charge is -2.22. The van der Waals surface area contributed by atoms with Crippen LogP contribution in [-0.4, -0.2) is 18.5 Å². The fourth-order valence-corrected chi connectivity index (χ4v) is 1.34. The molecule has 0 unspecified atom stereocenters. The average molecular weight is 195 g/mol. The van der Waals surface area contributed by atoms with E-state index in [1.807, 2.05) is 6.07 Å². The summed E-state index contributed by atoms with van der Waals surface area (Å²) >= 11 is 0. The third kappa shape index (κ3) is 1.42. The number of fused-ring (bicyclic) bond motifs is 1. The molecule has 0 amide bonds. The number of hydrogen-bond donors (Lipinski definition) is 2. The van der Waals surface area contributed by atoms with Gasteiger partial charge in [0.2, 0.25) is 6.79 Å². The van der Waals surface area contributed by atoms with Crippen LogP contribution in [0.3, 0.4) is 0 Å². The first-order valence-corrected chi connectivity index (χ1v) is 4.43. The van der Waals surface area contributed by atoms with E-state index in [1.165, 1.54) is 0 Å². The summed E-state index contributed by atoms with van der Waals surface area (Å²) in [6.07, 6.45) is 0. The molecule has 14 heavy (non-hydrogen) atoms. The van der Waals surface area contributed by atoms with Crippen LogP contribution >= 0.6 is 0 Å². The highest BCUT2D eigenvalue weighted by Gasteiger charge is 2.23. The summed E-state index contributed by atoms with van der Waals surface area (Å²) in [5.41, 5.74) is 5.99. The van der Waals surface area contributed by atoms with Crippen molar-refractivity contribution in [2.75, 3.05) is 13.4 Å². The molecule has 2 rings (SSSR count). The third-order valence-electron chi connectivity index (χ3n) is 2.36. The molecular weight excluding hydrogens is 182 g/mol. The first kappa shape index (κ1) is 9.30. The largest absolute Gasteiger partial charge is 0.454 e. The van der Waals surface area contributed by atoms with Crippen molar-refractivity contribution in [3.8, 4) is 11.5 Å². The van der Waals surface area contributed by atoms with Crippen molar-refractivity contribution in [3.05, 3.63) is 23.8 Å². The highest BCUT2D eigenvalue weighted by atomic mass is 16.7. The van der Waals surface area contributed by atoms with Crippen LogP contribution in [0, 0.1) is 0 Å². The van der Waals surface area contributed by atoms with Gasteiger partial charge < -0.3 is 20.3 Å². The standard InChI is InChI=1S/C10H13NO3/c1-10(11,5-12)7-2-3-8-9(4-7)14-6-13-8/h2-4,12H,5-6,11H2,1H3/t10-/m1/s1. The lowest BCUT2D eigenvalue weighted by atomic mass is 9.94. The lowest BCUT2D eigenvalue weighted by Crippen LogP contribution is -2.36. The van der Waals surface area contributed by atoms with Crippen molar-refractivity contribution in [1.82, 2.24) is 0 Å². The summed E-state index contributed by atoms with van der Waals surface area (Å²) in [6, 6.07) is 5.45. The van der Waals surface area contributed by atoms with Crippen LogP contribution < -0.4 is 15.2 Å². The molecule has 1 aromatic carbocycles. The molecule has 0 saturated carbocycles. The Morgan fingerprint density at radius 3 is 2.86 bits per heavy atom. The van der Waals surface area contributed by atoms with E-state index >= 15 is 0 Å². The van der Waals surface area contributed by atoms with Gasteiger partial charge in [0, 0.05) is 0 Å². The van der Waals surface area contributed by atoms with E-state index in [0.717, 1.165) is 11.3 Å². The second-order valence-corrected chi connectivity index (χ2v) is 3.64. The van der Waals surface area contributed by atoms with Gasteiger partial charge >= 0.3 is 0 Å². The van der Waals surface area contributed by atoms with Gasteiger partial charge in [-0.25, -0.2) is 0 Å². The number of rotatable bonds is 2. The molecule has 0 fully saturated rings. The molecule has 3 N–H and O–H groups in total. The Morgan fingerprint density at radius 1 is 1.43 bits per heavy atom. The predicted molar refractivity (Wildman–Crippen MR) is 51.2 cm³/mol. The Morgan fingerprint density at radius 2 is 2.14 bits per heavy atom. The molecule has 1 aliphatic heterocycles. The predicted octanol–water partition coefficient (Wildman–Crippen LogP) is 0.581. The number of aliphatic hydroxyl groups is 1. The van der Waals surface area contributed by atoms with Crippen molar-refractivity contribution in [2.24, 2.45) is 5.73 Å². The fraction of sp³-hybridized carbons (Fsp3) is 0.400. The maximum atomic E-state index is 9.10. The molecular formula is C10H13NO3. The van der Waals surface area contributed by atoms with Crippen LogP contribution in [0.4, 0.5) is 0 Å². The van der Waals surface area contributed by atoms with E-state index in [1.54, 1.807) is 19.1 Å². The minimum atomic E-state index is -0.735. The smallest absolute Gasteiger partial charge is 0.231 e. The molecule has 4 nitrogen and oxygen atoms in total. The Hall–Kier alpha value is -1.26. The van der Waals surface area contributed by atoms with Crippen molar-refractivity contribution in [2.45, 2.75) is 12.5 Å². The van der Waals surface area contributed by atoms with E-state index in [4.69, 9.17) is 20.3 Å². The van der Waals surface area contributed by atoms with Crippen molar-refractivity contribution < 1.29 is 14.6 Å². The summed E-state index contributed by atoms with van der Waals surface area (Å²) in [4.78, 5) is 0. The zero-order valence-corrected chi connectivity index (χ0v) is 7.99. The van der Waals surface area contributed by atoms with Crippen LogP contribution in [0.25, 0.3) is 0 Å². The molecule has 1 atom stereocenters. The van der Waals surface area contributed by atoms with Crippen LogP contribution in [0.15, 0.2) is 18.2 Å². The van der Waals surface area contributed by atoms with Gasteiger partial charge in [-0.15, -0.1) is 0 Å². The maximum Gasteiger partial charge on any atom is 0.231 e. The lowest BCUT2D eigenvalue weighted by molar-refractivity contribution is 0.173. The number of hydrogen-bond acceptors (Lipinski definition) is 4. The van der Waals surface area contributed by atoms with Gasteiger partial charge in [0.15, 0.2) is 11.5 Å². The first-order chi connectivity index (χ1) is 6.63. The van der Waals surface area contributed by atoms with E-state index in [9.17, 15) is 0 Å². The first-order valence-electron chi connectivity index (χ1n) is 4.43. The molecule has 0 radical (unpaired) electrons. The molecule has 76 valence electrons. The highest BCUT2D eigenvalue weighted by molar-refractivity contribution is 5.46. The SMILES string of the molecule is C[C@@](N)(CO)c1ccc2c(c1)OCO2. The highest BCUT2D eigenvalue weighted by Crippen LogP contribution is 2.34. The van der Waals surface area contributed by atoms with Crippen LogP contribution in [-0.2, 0) is 5.54 Å². The number of aliphatic hydroxyl groups excluding tert-OH is 1. The zero-order valence-electron chi connectivity index (χ0n) is 7.99. The normalized spacial score (nSPS) is 17.9.